The minimum Gasteiger partial charge on any atom is -0.463 e. The lowest BCUT2D eigenvalue weighted by atomic mass is 9.93. The Kier molecular flexibility index (Phi) is 10.1. The monoisotopic (exact) mass is 589 g/mol. The van der Waals surface area contributed by atoms with Crippen LogP contribution >= 0.6 is 0 Å². The van der Waals surface area contributed by atoms with Crippen molar-refractivity contribution < 1.29 is 23.9 Å². The molecule has 0 unspecified atom stereocenters. The zero-order valence-corrected chi connectivity index (χ0v) is 25.8. The molecule has 2 aliphatic rings. The van der Waals surface area contributed by atoms with Crippen molar-refractivity contribution in [1.29, 1.82) is 0 Å². The fourth-order valence-electron chi connectivity index (χ4n) is 5.36. The maximum absolute atomic E-state index is 13.6. The topological polar surface area (TPSA) is 103 Å². The number of urea groups is 2. The quantitative estimate of drug-likeness (QED) is 0.313. The molecule has 0 bridgehead atoms. The molecule has 230 valence electrons. The standard InChI is InChI=1S/C33H43N5O5/c1-7-17-38-27(22-36-18-19-37(23(3)21-36)32(41)35-33(4,5)6)28(30(39)42-8-2)29(34-31(38)40)24-13-12-16-26(20-24)43-25-14-10-9-11-15-25/h7,9-16,20,23,29H,1,8,17-19,21-22H2,2-6H3,(H,34,40)(H,35,41)/t23-,29-/m1/s1. The summed E-state index contributed by atoms with van der Waals surface area (Å²) < 4.78 is 11.6. The Morgan fingerprint density at radius 3 is 2.47 bits per heavy atom. The molecule has 0 radical (unpaired) electrons. The number of hydrogen-bond donors (Lipinski definition) is 2. The first-order valence-electron chi connectivity index (χ1n) is 14.7. The number of rotatable bonds is 9. The van der Waals surface area contributed by atoms with Crippen LogP contribution in [0.2, 0.25) is 0 Å². The largest absolute Gasteiger partial charge is 0.463 e. The zero-order valence-electron chi connectivity index (χ0n) is 25.8. The van der Waals surface area contributed by atoms with Gasteiger partial charge in [0.15, 0.2) is 0 Å². The van der Waals surface area contributed by atoms with Gasteiger partial charge in [-0.1, -0.05) is 36.4 Å². The van der Waals surface area contributed by atoms with Crippen molar-refractivity contribution in [3.8, 4) is 11.5 Å². The van der Waals surface area contributed by atoms with E-state index in [2.05, 4.69) is 22.1 Å². The van der Waals surface area contributed by atoms with Crippen molar-refractivity contribution in [2.24, 2.45) is 0 Å². The molecular formula is C33H43N5O5. The SMILES string of the molecule is C=CCN1C(=O)N[C@H](c2cccc(Oc3ccccc3)c2)C(C(=O)OCC)=C1CN1CCN(C(=O)NC(C)(C)C)[C@H](C)C1. The first-order valence-corrected chi connectivity index (χ1v) is 14.7. The summed E-state index contributed by atoms with van der Waals surface area (Å²) in [5.74, 6) is 0.757. The number of nitrogens with zero attached hydrogens (tertiary/aromatic N) is 3. The molecule has 43 heavy (non-hydrogen) atoms. The molecular weight excluding hydrogens is 546 g/mol. The summed E-state index contributed by atoms with van der Waals surface area (Å²) in [7, 11) is 0. The number of nitrogens with one attached hydrogen (secondary N) is 2. The molecule has 0 spiro atoms. The molecule has 10 nitrogen and oxygen atoms in total. The van der Waals surface area contributed by atoms with Crippen LogP contribution in [0.15, 0.2) is 78.5 Å². The molecule has 2 aromatic carbocycles. The number of carbonyl (C=O) groups excluding carboxylic acids is 3. The highest BCUT2D eigenvalue weighted by Crippen LogP contribution is 2.34. The summed E-state index contributed by atoms with van der Waals surface area (Å²) in [4.78, 5) is 45.6. The molecule has 0 aromatic heterocycles. The minimum atomic E-state index is -0.752. The van der Waals surface area contributed by atoms with Crippen LogP contribution in [0.25, 0.3) is 0 Å². The zero-order chi connectivity index (χ0) is 31.1. The Hall–Kier alpha value is -4.31. The highest BCUT2D eigenvalue weighted by molar-refractivity contribution is 5.95. The molecule has 2 N–H and O–H groups in total. The third-order valence-corrected chi connectivity index (χ3v) is 7.24. The normalized spacial score (nSPS) is 19.5. The van der Waals surface area contributed by atoms with Gasteiger partial charge in [0.25, 0.3) is 0 Å². The number of hydrogen-bond acceptors (Lipinski definition) is 6. The second kappa shape index (κ2) is 13.8. The predicted molar refractivity (Wildman–Crippen MR) is 166 cm³/mol. The summed E-state index contributed by atoms with van der Waals surface area (Å²) in [6.07, 6.45) is 1.63. The number of benzene rings is 2. The van der Waals surface area contributed by atoms with Gasteiger partial charge < -0.3 is 25.0 Å². The first kappa shape index (κ1) is 31.6. The summed E-state index contributed by atoms with van der Waals surface area (Å²) >= 11 is 0. The molecule has 2 aromatic rings. The van der Waals surface area contributed by atoms with Gasteiger partial charge in [0.2, 0.25) is 0 Å². The summed E-state index contributed by atoms with van der Waals surface area (Å²) in [6.45, 7) is 15.9. The maximum atomic E-state index is 13.6. The molecule has 1 saturated heterocycles. The van der Waals surface area contributed by atoms with Crippen LogP contribution in [0.5, 0.6) is 11.5 Å². The highest BCUT2D eigenvalue weighted by atomic mass is 16.5. The van der Waals surface area contributed by atoms with Gasteiger partial charge in [-0.25, -0.2) is 14.4 Å². The number of para-hydroxylation sites is 1. The Bertz CT molecular complexity index is 1350. The second-order valence-corrected chi connectivity index (χ2v) is 11.8. The molecule has 2 atom stereocenters. The molecule has 2 aliphatic heterocycles. The molecule has 4 rings (SSSR count). The van der Waals surface area contributed by atoms with E-state index in [9.17, 15) is 14.4 Å². The average Bonchev–Trinajstić information content (AvgIpc) is 2.94. The predicted octanol–water partition coefficient (Wildman–Crippen LogP) is 5.06. The van der Waals surface area contributed by atoms with Gasteiger partial charge in [0, 0.05) is 50.0 Å². The molecule has 4 amide bonds. The summed E-state index contributed by atoms with van der Waals surface area (Å²) in [6, 6.07) is 15.5. The van der Waals surface area contributed by atoms with Gasteiger partial charge in [-0.15, -0.1) is 6.58 Å². The van der Waals surface area contributed by atoms with Crippen LogP contribution < -0.4 is 15.4 Å². The van der Waals surface area contributed by atoms with Gasteiger partial charge in [-0.05, 0) is 64.4 Å². The average molecular weight is 590 g/mol. The first-order chi connectivity index (χ1) is 20.5. The van der Waals surface area contributed by atoms with Gasteiger partial charge in [-0.2, -0.15) is 0 Å². The summed E-state index contributed by atoms with van der Waals surface area (Å²) in [5.41, 5.74) is 1.27. The number of esters is 1. The molecule has 0 aliphatic carbocycles. The van der Waals surface area contributed by atoms with Crippen molar-refractivity contribution >= 4 is 18.0 Å². The van der Waals surface area contributed by atoms with E-state index in [1.807, 2.05) is 87.2 Å². The van der Waals surface area contributed by atoms with E-state index >= 15 is 0 Å². The molecule has 2 heterocycles. The van der Waals surface area contributed by atoms with Gasteiger partial charge in [0.1, 0.15) is 11.5 Å². The lowest BCUT2D eigenvalue weighted by Crippen LogP contribution is -2.59. The van der Waals surface area contributed by atoms with Crippen molar-refractivity contribution in [2.75, 3.05) is 39.3 Å². The number of ether oxygens (including phenoxy) is 2. The Morgan fingerprint density at radius 2 is 1.81 bits per heavy atom. The van der Waals surface area contributed by atoms with Crippen LogP contribution in [-0.4, -0.2) is 83.6 Å². The van der Waals surface area contributed by atoms with E-state index in [1.165, 1.54) is 0 Å². The van der Waals surface area contributed by atoms with Crippen molar-refractivity contribution in [1.82, 2.24) is 25.3 Å². The third-order valence-electron chi connectivity index (χ3n) is 7.24. The van der Waals surface area contributed by atoms with Crippen molar-refractivity contribution in [3.63, 3.8) is 0 Å². The van der Waals surface area contributed by atoms with E-state index in [0.29, 0.717) is 54.5 Å². The highest BCUT2D eigenvalue weighted by Gasteiger charge is 2.39. The van der Waals surface area contributed by atoms with Crippen LogP contribution in [0, 0.1) is 0 Å². The van der Waals surface area contributed by atoms with E-state index in [-0.39, 0.29) is 36.8 Å². The molecule has 1 fully saturated rings. The number of piperazine rings is 1. The molecule has 10 heteroatoms. The van der Waals surface area contributed by atoms with Crippen LogP contribution in [0.4, 0.5) is 9.59 Å². The fourth-order valence-corrected chi connectivity index (χ4v) is 5.36. The van der Waals surface area contributed by atoms with Gasteiger partial charge >= 0.3 is 18.0 Å². The van der Waals surface area contributed by atoms with Crippen molar-refractivity contribution in [3.05, 3.63) is 84.1 Å². The number of amides is 4. The van der Waals surface area contributed by atoms with Crippen LogP contribution in [0.3, 0.4) is 0 Å². The minimum absolute atomic E-state index is 0.0735. The summed E-state index contributed by atoms with van der Waals surface area (Å²) in [5, 5.41) is 6.05. The van der Waals surface area contributed by atoms with E-state index in [1.54, 1.807) is 17.9 Å². The second-order valence-electron chi connectivity index (χ2n) is 11.8. The Labute approximate surface area is 254 Å². The third kappa shape index (κ3) is 7.95. The lowest BCUT2D eigenvalue weighted by molar-refractivity contribution is -0.139. The smallest absolute Gasteiger partial charge is 0.338 e. The molecule has 0 saturated carbocycles. The maximum Gasteiger partial charge on any atom is 0.338 e. The van der Waals surface area contributed by atoms with Gasteiger partial charge in [0.05, 0.1) is 18.2 Å². The van der Waals surface area contributed by atoms with E-state index in [4.69, 9.17) is 9.47 Å². The van der Waals surface area contributed by atoms with Crippen LogP contribution in [-0.2, 0) is 9.53 Å². The van der Waals surface area contributed by atoms with Crippen molar-refractivity contribution in [2.45, 2.75) is 52.2 Å². The van der Waals surface area contributed by atoms with Crippen LogP contribution in [0.1, 0.15) is 46.2 Å². The van der Waals surface area contributed by atoms with E-state index in [0.717, 1.165) is 0 Å². The number of carbonyl (C=O) groups is 3. The van der Waals surface area contributed by atoms with Gasteiger partial charge in [-0.3, -0.25) is 9.80 Å². The Morgan fingerprint density at radius 1 is 1.09 bits per heavy atom. The fraction of sp³-hybridized carbons (Fsp3) is 0.424. The Balaban J connectivity index is 1.67. The van der Waals surface area contributed by atoms with E-state index < -0.39 is 12.0 Å². The lowest BCUT2D eigenvalue weighted by Gasteiger charge is -2.43.